The monoisotopic (exact) mass is 446 g/mol. The fourth-order valence-corrected chi connectivity index (χ4v) is 4.92. The Kier molecular flexibility index (Phi) is 6.06. The Hall–Kier alpha value is -2.39. The van der Waals surface area contributed by atoms with Crippen LogP contribution in [0.5, 0.6) is 0 Å². The van der Waals surface area contributed by atoms with E-state index in [4.69, 9.17) is 14.0 Å². The van der Waals surface area contributed by atoms with Crippen LogP contribution < -0.4 is 10.9 Å². The highest BCUT2D eigenvalue weighted by molar-refractivity contribution is 6.04. The first-order valence-electron chi connectivity index (χ1n) is 11.5. The van der Waals surface area contributed by atoms with Gasteiger partial charge >= 0.3 is 0 Å². The summed E-state index contributed by atoms with van der Waals surface area (Å²) in [5.74, 6) is 0.00588. The number of carbonyl (C=O) groups is 1. The minimum atomic E-state index is -0.469. The molecule has 1 saturated heterocycles. The number of carbonyl (C=O) groups excluding carboxylic acids is 1. The molecule has 1 aliphatic carbocycles. The molecule has 1 aliphatic heterocycles. The van der Waals surface area contributed by atoms with Crippen molar-refractivity contribution >= 4 is 11.6 Å². The van der Waals surface area contributed by atoms with E-state index in [0.29, 0.717) is 23.6 Å². The Morgan fingerprint density at radius 1 is 1.19 bits per heavy atom. The second kappa shape index (κ2) is 8.51. The molecular weight excluding hydrogens is 412 g/mol. The summed E-state index contributed by atoms with van der Waals surface area (Å²) >= 11 is 0. The second-order valence-corrected chi connectivity index (χ2v) is 9.71. The van der Waals surface area contributed by atoms with E-state index in [1.807, 2.05) is 39.4 Å². The molecular formula is C23H34N4O5. The Morgan fingerprint density at radius 3 is 2.53 bits per heavy atom. The molecule has 2 aliphatic rings. The van der Waals surface area contributed by atoms with Crippen LogP contribution in [-0.4, -0.2) is 38.7 Å². The molecule has 176 valence electrons. The van der Waals surface area contributed by atoms with Crippen LogP contribution in [0, 0.1) is 13.8 Å². The molecule has 0 bridgehead atoms. The average Bonchev–Trinajstić information content (AvgIpc) is 3.21. The van der Waals surface area contributed by atoms with Crippen molar-refractivity contribution in [2.45, 2.75) is 90.6 Å². The van der Waals surface area contributed by atoms with E-state index in [-0.39, 0.29) is 29.0 Å². The third-order valence-corrected chi connectivity index (χ3v) is 6.73. The van der Waals surface area contributed by atoms with E-state index in [1.165, 1.54) is 6.42 Å². The summed E-state index contributed by atoms with van der Waals surface area (Å²) in [5.41, 5.74) is 1.19. The minimum Gasteiger partial charge on any atom is -0.367 e. The highest BCUT2D eigenvalue weighted by Crippen LogP contribution is 2.35. The predicted molar refractivity (Wildman–Crippen MR) is 119 cm³/mol. The van der Waals surface area contributed by atoms with Crippen molar-refractivity contribution in [2.24, 2.45) is 7.05 Å². The number of nitrogens with one attached hydrogen (secondary N) is 1. The molecule has 32 heavy (non-hydrogen) atoms. The molecule has 1 amide bonds. The van der Waals surface area contributed by atoms with Crippen molar-refractivity contribution in [3.8, 4) is 0 Å². The smallest absolute Gasteiger partial charge is 0.291 e. The first kappa shape index (κ1) is 22.8. The molecule has 9 heteroatoms. The molecule has 0 aromatic carbocycles. The van der Waals surface area contributed by atoms with E-state index >= 15 is 0 Å². The van der Waals surface area contributed by atoms with Crippen LogP contribution in [-0.2, 0) is 16.5 Å². The van der Waals surface area contributed by atoms with E-state index in [1.54, 1.807) is 11.6 Å². The zero-order chi connectivity index (χ0) is 23.2. The van der Waals surface area contributed by atoms with Crippen molar-refractivity contribution in [3.63, 3.8) is 0 Å². The van der Waals surface area contributed by atoms with Crippen LogP contribution in [0.1, 0.15) is 92.5 Å². The van der Waals surface area contributed by atoms with Gasteiger partial charge < -0.3 is 19.3 Å². The number of rotatable bonds is 4. The van der Waals surface area contributed by atoms with Crippen LogP contribution in [0.15, 0.2) is 9.32 Å². The van der Waals surface area contributed by atoms with Crippen molar-refractivity contribution in [2.75, 3.05) is 11.9 Å². The first-order chi connectivity index (χ1) is 15.1. The summed E-state index contributed by atoms with van der Waals surface area (Å²) in [6.07, 6.45) is 4.71. The number of hydrogen-bond donors (Lipinski definition) is 1. The number of aromatic nitrogens is 3. The van der Waals surface area contributed by atoms with Crippen LogP contribution >= 0.6 is 0 Å². The van der Waals surface area contributed by atoms with E-state index < -0.39 is 12.0 Å². The summed E-state index contributed by atoms with van der Waals surface area (Å²) in [4.78, 5) is 26.2. The van der Waals surface area contributed by atoms with Gasteiger partial charge in [0.1, 0.15) is 11.8 Å². The van der Waals surface area contributed by atoms with Gasteiger partial charge in [0, 0.05) is 12.6 Å². The highest BCUT2D eigenvalue weighted by Gasteiger charge is 2.39. The van der Waals surface area contributed by atoms with Gasteiger partial charge in [0.15, 0.2) is 11.5 Å². The topological polar surface area (TPSA) is 101 Å². The SMILES string of the molecule is Cc1c(C(=O)Nc2c(C)n(C)n(C3CCCCC3)c2=O)noc1C1OCC(C)(C)OC1C. The predicted octanol–water partition coefficient (Wildman–Crippen LogP) is 3.80. The molecule has 2 fully saturated rings. The molecule has 2 atom stereocenters. The van der Waals surface area contributed by atoms with Crippen molar-refractivity contribution in [1.82, 2.24) is 14.5 Å². The van der Waals surface area contributed by atoms with Crippen LogP contribution in [0.3, 0.4) is 0 Å². The molecule has 4 rings (SSSR count). The fourth-order valence-electron chi connectivity index (χ4n) is 4.92. The summed E-state index contributed by atoms with van der Waals surface area (Å²) in [6, 6.07) is 0.167. The quantitative estimate of drug-likeness (QED) is 0.767. The van der Waals surface area contributed by atoms with Gasteiger partial charge in [-0.3, -0.25) is 14.3 Å². The van der Waals surface area contributed by atoms with Gasteiger partial charge in [-0.25, -0.2) is 4.68 Å². The molecule has 2 aromatic rings. The maximum Gasteiger partial charge on any atom is 0.291 e. The van der Waals surface area contributed by atoms with Gasteiger partial charge in [0.2, 0.25) is 0 Å². The summed E-state index contributed by atoms with van der Waals surface area (Å²) < 4.78 is 21.1. The standard InChI is InChI=1S/C23H34N4O5/c1-13-17(25-32-19(13)20-15(3)31-23(4,5)12-30-20)21(28)24-18-14(2)26(6)27(22(18)29)16-10-8-7-9-11-16/h15-16,20H,7-12H2,1-6H3,(H,24,28). The Labute approximate surface area is 188 Å². The molecule has 9 nitrogen and oxygen atoms in total. The summed E-state index contributed by atoms with van der Waals surface area (Å²) in [7, 11) is 1.86. The number of hydrogen-bond acceptors (Lipinski definition) is 6. The molecule has 2 unspecified atom stereocenters. The third kappa shape index (κ3) is 4.03. The summed E-state index contributed by atoms with van der Waals surface area (Å²) in [5, 5.41) is 6.79. The van der Waals surface area contributed by atoms with Gasteiger partial charge in [-0.15, -0.1) is 0 Å². The van der Waals surface area contributed by atoms with Crippen LogP contribution in [0.2, 0.25) is 0 Å². The van der Waals surface area contributed by atoms with Gasteiger partial charge in [0.05, 0.1) is 30.0 Å². The lowest BCUT2D eigenvalue weighted by atomic mass is 9.96. The average molecular weight is 447 g/mol. The normalized spacial score (nSPS) is 23.9. The van der Waals surface area contributed by atoms with Crippen LogP contribution in [0.4, 0.5) is 5.69 Å². The molecule has 1 saturated carbocycles. The second-order valence-electron chi connectivity index (χ2n) is 9.71. The Bertz CT molecular complexity index is 1060. The van der Waals surface area contributed by atoms with Crippen molar-refractivity contribution in [3.05, 3.63) is 33.1 Å². The van der Waals surface area contributed by atoms with Gasteiger partial charge in [0.25, 0.3) is 11.5 Å². The van der Waals surface area contributed by atoms with Gasteiger partial charge in [-0.1, -0.05) is 24.4 Å². The zero-order valence-corrected chi connectivity index (χ0v) is 19.9. The van der Waals surface area contributed by atoms with E-state index in [0.717, 1.165) is 31.4 Å². The number of anilines is 1. The van der Waals surface area contributed by atoms with Crippen LogP contribution in [0.25, 0.3) is 0 Å². The fraction of sp³-hybridized carbons (Fsp3) is 0.696. The summed E-state index contributed by atoms with van der Waals surface area (Å²) in [6.45, 7) is 9.87. The van der Waals surface area contributed by atoms with E-state index in [2.05, 4.69) is 10.5 Å². The highest BCUT2D eigenvalue weighted by atomic mass is 16.6. The molecule has 2 aromatic heterocycles. The zero-order valence-electron chi connectivity index (χ0n) is 19.9. The first-order valence-corrected chi connectivity index (χ1v) is 11.5. The molecule has 0 spiro atoms. The minimum absolute atomic E-state index is 0.146. The van der Waals surface area contributed by atoms with Gasteiger partial charge in [-0.2, -0.15) is 0 Å². The van der Waals surface area contributed by atoms with Gasteiger partial charge in [-0.05, 0) is 47.5 Å². The maximum absolute atomic E-state index is 13.2. The molecule has 3 heterocycles. The lowest BCUT2D eigenvalue weighted by Gasteiger charge is -2.38. The lowest BCUT2D eigenvalue weighted by molar-refractivity contribution is -0.219. The van der Waals surface area contributed by atoms with Crippen molar-refractivity contribution < 1.29 is 18.8 Å². The number of amides is 1. The lowest BCUT2D eigenvalue weighted by Crippen LogP contribution is -2.43. The number of nitrogens with zero attached hydrogens (tertiary/aromatic N) is 3. The van der Waals surface area contributed by atoms with E-state index in [9.17, 15) is 9.59 Å². The van der Waals surface area contributed by atoms with Crippen molar-refractivity contribution in [1.29, 1.82) is 0 Å². The Morgan fingerprint density at radius 2 is 1.88 bits per heavy atom. The largest absolute Gasteiger partial charge is 0.367 e. The Balaban J connectivity index is 1.56. The molecule has 1 N–H and O–H groups in total. The molecule has 0 radical (unpaired) electrons. The third-order valence-electron chi connectivity index (χ3n) is 6.73. The number of ether oxygens (including phenoxy) is 2. The maximum atomic E-state index is 13.2.